The molecule has 0 aliphatic rings. The molecule has 1 unspecified atom stereocenters. The van der Waals surface area contributed by atoms with Crippen molar-refractivity contribution in [3.05, 3.63) is 35.4 Å². The Hall–Kier alpha value is -1.82. The van der Waals surface area contributed by atoms with Crippen molar-refractivity contribution in [1.29, 1.82) is 5.26 Å². The van der Waals surface area contributed by atoms with E-state index in [-0.39, 0.29) is 11.8 Å². The van der Waals surface area contributed by atoms with Crippen LogP contribution in [0.1, 0.15) is 43.7 Å². The number of hydrogen-bond acceptors (Lipinski definition) is 2. The predicted molar refractivity (Wildman–Crippen MR) is 76.7 cm³/mol. The highest BCUT2D eigenvalue weighted by atomic mass is 16.2. The number of carbonyl (C=O) groups is 1. The zero-order valence-electron chi connectivity index (χ0n) is 12.0. The van der Waals surface area contributed by atoms with Crippen molar-refractivity contribution in [3.63, 3.8) is 0 Å². The summed E-state index contributed by atoms with van der Waals surface area (Å²) >= 11 is 0. The van der Waals surface area contributed by atoms with E-state index in [0.29, 0.717) is 12.8 Å². The SMILES string of the molecule is CCN(CC)C(=O)CCC(C#N)c1ccc(C)cc1. The van der Waals surface area contributed by atoms with Gasteiger partial charge in [0.2, 0.25) is 5.91 Å². The summed E-state index contributed by atoms with van der Waals surface area (Å²) in [5.41, 5.74) is 2.18. The second-order valence-corrected chi connectivity index (χ2v) is 4.70. The molecule has 1 amide bonds. The summed E-state index contributed by atoms with van der Waals surface area (Å²) in [6.45, 7) is 7.44. The Morgan fingerprint density at radius 3 is 2.32 bits per heavy atom. The Morgan fingerprint density at radius 2 is 1.84 bits per heavy atom. The number of amides is 1. The molecule has 0 aliphatic carbocycles. The molecule has 0 radical (unpaired) electrons. The fourth-order valence-electron chi connectivity index (χ4n) is 2.11. The Bertz CT molecular complexity index is 441. The van der Waals surface area contributed by atoms with Gasteiger partial charge in [0.15, 0.2) is 0 Å². The van der Waals surface area contributed by atoms with E-state index in [0.717, 1.165) is 18.7 Å². The van der Waals surface area contributed by atoms with Crippen LogP contribution in [0.15, 0.2) is 24.3 Å². The van der Waals surface area contributed by atoms with Gasteiger partial charge in [0.1, 0.15) is 0 Å². The maximum atomic E-state index is 11.9. The zero-order valence-corrected chi connectivity index (χ0v) is 12.0. The van der Waals surface area contributed by atoms with Crippen molar-refractivity contribution in [1.82, 2.24) is 4.90 Å². The average Bonchev–Trinajstić information content (AvgIpc) is 2.42. The third-order valence-corrected chi connectivity index (χ3v) is 3.40. The summed E-state index contributed by atoms with van der Waals surface area (Å²) in [7, 11) is 0. The molecule has 3 heteroatoms. The Morgan fingerprint density at radius 1 is 1.26 bits per heavy atom. The van der Waals surface area contributed by atoms with Gasteiger partial charge in [0, 0.05) is 19.5 Å². The van der Waals surface area contributed by atoms with E-state index in [4.69, 9.17) is 0 Å². The van der Waals surface area contributed by atoms with Gasteiger partial charge in [-0.05, 0) is 32.8 Å². The van der Waals surface area contributed by atoms with Crippen LogP contribution < -0.4 is 0 Å². The molecule has 3 nitrogen and oxygen atoms in total. The van der Waals surface area contributed by atoms with Crippen molar-refractivity contribution in [2.24, 2.45) is 0 Å². The molecule has 1 atom stereocenters. The minimum absolute atomic E-state index is 0.136. The lowest BCUT2D eigenvalue weighted by molar-refractivity contribution is -0.130. The fraction of sp³-hybridized carbons (Fsp3) is 0.500. The molecule has 0 saturated carbocycles. The summed E-state index contributed by atoms with van der Waals surface area (Å²) in [6, 6.07) is 10.3. The molecule has 102 valence electrons. The minimum Gasteiger partial charge on any atom is -0.343 e. The Labute approximate surface area is 115 Å². The summed E-state index contributed by atoms with van der Waals surface area (Å²) in [5.74, 6) is -0.0579. The van der Waals surface area contributed by atoms with Crippen LogP contribution in [-0.4, -0.2) is 23.9 Å². The Kier molecular flexibility index (Phi) is 6.08. The molecule has 0 bridgehead atoms. The number of hydrogen-bond donors (Lipinski definition) is 0. The molecule has 0 aliphatic heterocycles. The number of rotatable bonds is 6. The smallest absolute Gasteiger partial charge is 0.222 e. The average molecular weight is 258 g/mol. The summed E-state index contributed by atoms with van der Waals surface area (Å²) in [5, 5.41) is 9.24. The van der Waals surface area contributed by atoms with E-state index >= 15 is 0 Å². The molecule has 0 fully saturated rings. The summed E-state index contributed by atoms with van der Waals surface area (Å²) in [4.78, 5) is 13.7. The fourth-order valence-corrected chi connectivity index (χ4v) is 2.11. The van der Waals surface area contributed by atoms with Crippen LogP contribution in [0, 0.1) is 18.3 Å². The van der Waals surface area contributed by atoms with Gasteiger partial charge in [-0.2, -0.15) is 5.26 Å². The highest BCUT2D eigenvalue weighted by Gasteiger charge is 2.15. The first kappa shape index (κ1) is 15.2. The van der Waals surface area contributed by atoms with Gasteiger partial charge in [-0.1, -0.05) is 29.8 Å². The van der Waals surface area contributed by atoms with Crippen molar-refractivity contribution >= 4 is 5.91 Å². The zero-order chi connectivity index (χ0) is 14.3. The molecule has 0 heterocycles. The second kappa shape index (κ2) is 7.58. The predicted octanol–water partition coefficient (Wildman–Crippen LogP) is 3.25. The second-order valence-electron chi connectivity index (χ2n) is 4.70. The highest BCUT2D eigenvalue weighted by Crippen LogP contribution is 2.21. The number of carbonyl (C=O) groups excluding carboxylic acids is 1. The molecule has 0 aromatic heterocycles. The highest BCUT2D eigenvalue weighted by molar-refractivity contribution is 5.76. The van der Waals surface area contributed by atoms with Gasteiger partial charge in [-0.3, -0.25) is 4.79 Å². The number of aryl methyl sites for hydroxylation is 1. The van der Waals surface area contributed by atoms with Gasteiger partial charge >= 0.3 is 0 Å². The maximum Gasteiger partial charge on any atom is 0.222 e. The van der Waals surface area contributed by atoms with E-state index < -0.39 is 0 Å². The monoisotopic (exact) mass is 258 g/mol. The van der Waals surface area contributed by atoms with Crippen LogP contribution in [-0.2, 0) is 4.79 Å². The first-order chi connectivity index (χ1) is 9.12. The number of nitriles is 1. The van der Waals surface area contributed by atoms with Crippen LogP contribution in [0.4, 0.5) is 0 Å². The molecule has 1 aromatic rings. The van der Waals surface area contributed by atoms with Crippen LogP contribution >= 0.6 is 0 Å². The van der Waals surface area contributed by atoms with Gasteiger partial charge < -0.3 is 4.90 Å². The van der Waals surface area contributed by atoms with Crippen molar-refractivity contribution in [2.45, 2.75) is 39.5 Å². The maximum absolute atomic E-state index is 11.9. The molecule has 1 aromatic carbocycles. The quantitative estimate of drug-likeness (QED) is 0.786. The van der Waals surface area contributed by atoms with Crippen molar-refractivity contribution < 1.29 is 4.79 Å². The van der Waals surface area contributed by atoms with Crippen LogP contribution in [0.3, 0.4) is 0 Å². The van der Waals surface area contributed by atoms with E-state index in [9.17, 15) is 10.1 Å². The largest absolute Gasteiger partial charge is 0.343 e. The lowest BCUT2D eigenvalue weighted by atomic mass is 9.94. The standard InChI is InChI=1S/C16H22N2O/c1-4-18(5-2)16(19)11-10-15(12-17)14-8-6-13(3)7-9-14/h6-9,15H,4-5,10-11H2,1-3H3. The normalized spacial score (nSPS) is 11.7. The van der Waals surface area contributed by atoms with Gasteiger partial charge in [-0.15, -0.1) is 0 Å². The molecule has 0 spiro atoms. The van der Waals surface area contributed by atoms with Crippen LogP contribution in [0.2, 0.25) is 0 Å². The summed E-state index contributed by atoms with van der Waals surface area (Å²) in [6.07, 6.45) is 1.03. The third kappa shape index (κ3) is 4.40. The first-order valence-corrected chi connectivity index (χ1v) is 6.86. The van der Waals surface area contributed by atoms with Gasteiger partial charge in [0.05, 0.1) is 12.0 Å². The number of benzene rings is 1. The molecule has 0 N–H and O–H groups in total. The lowest BCUT2D eigenvalue weighted by Crippen LogP contribution is -2.30. The van der Waals surface area contributed by atoms with E-state index in [1.807, 2.05) is 49.9 Å². The molecule has 19 heavy (non-hydrogen) atoms. The molecular weight excluding hydrogens is 236 g/mol. The van der Waals surface area contributed by atoms with Crippen molar-refractivity contribution in [2.75, 3.05) is 13.1 Å². The lowest BCUT2D eigenvalue weighted by Gasteiger charge is -2.19. The Balaban J connectivity index is 2.61. The van der Waals surface area contributed by atoms with Gasteiger partial charge in [0.25, 0.3) is 0 Å². The summed E-state index contributed by atoms with van der Waals surface area (Å²) < 4.78 is 0. The van der Waals surface area contributed by atoms with Gasteiger partial charge in [-0.25, -0.2) is 0 Å². The minimum atomic E-state index is -0.194. The topological polar surface area (TPSA) is 44.1 Å². The van der Waals surface area contributed by atoms with Crippen LogP contribution in [0.25, 0.3) is 0 Å². The van der Waals surface area contributed by atoms with Crippen LogP contribution in [0.5, 0.6) is 0 Å². The van der Waals surface area contributed by atoms with E-state index in [2.05, 4.69) is 6.07 Å². The molecule has 0 saturated heterocycles. The molecular formula is C16H22N2O. The molecule has 1 rings (SSSR count). The third-order valence-electron chi connectivity index (χ3n) is 3.40. The first-order valence-electron chi connectivity index (χ1n) is 6.86. The van der Waals surface area contributed by atoms with E-state index in [1.165, 1.54) is 5.56 Å². The van der Waals surface area contributed by atoms with Crippen molar-refractivity contribution in [3.8, 4) is 6.07 Å². The number of nitrogens with zero attached hydrogens (tertiary/aromatic N) is 2. The van der Waals surface area contributed by atoms with E-state index in [1.54, 1.807) is 0 Å².